The van der Waals surface area contributed by atoms with Crippen LogP contribution < -0.4 is 5.32 Å². The van der Waals surface area contributed by atoms with Crippen molar-refractivity contribution in [3.63, 3.8) is 0 Å². The fraction of sp³-hybridized carbons (Fsp3) is 0.800. The van der Waals surface area contributed by atoms with E-state index in [2.05, 4.69) is 11.2 Å². The second kappa shape index (κ2) is 7.25. The van der Waals surface area contributed by atoms with Gasteiger partial charge in [-0.15, -0.1) is 18.2 Å². The van der Waals surface area contributed by atoms with Gasteiger partial charge in [0.25, 0.3) is 0 Å². The number of hydrogen-bond acceptors (Lipinski definition) is 3. The van der Waals surface area contributed by atoms with Gasteiger partial charge >= 0.3 is 0 Å². The summed E-state index contributed by atoms with van der Waals surface area (Å²) >= 11 is 1.73. The van der Waals surface area contributed by atoms with E-state index >= 15 is 0 Å². The molecule has 0 aliphatic carbocycles. The van der Waals surface area contributed by atoms with Gasteiger partial charge in [-0.05, 0) is 13.3 Å². The fourth-order valence-corrected chi connectivity index (χ4v) is 1.31. The van der Waals surface area contributed by atoms with Gasteiger partial charge in [0.05, 0.1) is 11.4 Å². The van der Waals surface area contributed by atoms with Crippen LogP contribution in [-0.4, -0.2) is 35.3 Å². The van der Waals surface area contributed by atoms with Crippen molar-refractivity contribution in [1.29, 1.82) is 0 Å². The molecule has 0 radical (unpaired) electrons. The monoisotopic (exact) mass is 201 g/mol. The van der Waals surface area contributed by atoms with Crippen molar-refractivity contribution in [2.75, 3.05) is 24.6 Å². The Balaban J connectivity index is 3.22. The summed E-state index contributed by atoms with van der Waals surface area (Å²) in [6.45, 7) is 5.38. The SMILES string of the molecule is C#CCSCCNCC(C)(O)CC. The topological polar surface area (TPSA) is 32.3 Å². The Hall–Kier alpha value is -0.170. The number of nitrogens with one attached hydrogen (secondary N) is 1. The molecule has 0 aromatic carbocycles. The van der Waals surface area contributed by atoms with E-state index in [0.717, 1.165) is 24.5 Å². The third-order valence-electron chi connectivity index (χ3n) is 1.88. The smallest absolute Gasteiger partial charge is 0.0740 e. The molecule has 0 fully saturated rings. The Morgan fingerprint density at radius 2 is 2.31 bits per heavy atom. The van der Waals surface area contributed by atoms with Crippen LogP contribution in [0.3, 0.4) is 0 Å². The average Bonchev–Trinajstić information content (AvgIpc) is 2.11. The fourth-order valence-electron chi connectivity index (χ4n) is 0.758. The highest BCUT2D eigenvalue weighted by molar-refractivity contribution is 7.99. The molecule has 0 saturated heterocycles. The summed E-state index contributed by atoms with van der Waals surface area (Å²) in [7, 11) is 0. The number of thioether (sulfide) groups is 1. The molecule has 0 aromatic rings. The Bertz CT molecular complexity index is 163. The summed E-state index contributed by atoms with van der Waals surface area (Å²) in [6, 6.07) is 0. The highest BCUT2D eigenvalue weighted by atomic mass is 32.2. The average molecular weight is 201 g/mol. The summed E-state index contributed by atoms with van der Waals surface area (Å²) < 4.78 is 0. The van der Waals surface area contributed by atoms with E-state index in [1.807, 2.05) is 13.8 Å². The van der Waals surface area contributed by atoms with Gasteiger partial charge < -0.3 is 10.4 Å². The van der Waals surface area contributed by atoms with Crippen LogP contribution in [0.4, 0.5) is 0 Å². The second-order valence-electron chi connectivity index (χ2n) is 3.28. The Kier molecular flexibility index (Phi) is 7.16. The van der Waals surface area contributed by atoms with Crippen LogP contribution in [0.5, 0.6) is 0 Å². The molecule has 2 nitrogen and oxygen atoms in total. The third kappa shape index (κ3) is 8.17. The molecule has 2 N–H and O–H groups in total. The van der Waals surface area contributed by atoms with Crippen LogP contribution in [0.15, 0.2) is 0 Å². The Morgan fingerprint density at radius 1 is 1.62 bits per heavy atom. The van der Waals surface area contributed by atoms with Crippen molar-refractivity contribution >= 4 is 11.8 Å². The maximum Gasteiger partial charge on any atom is 0.0740 e. The van der Waals surface area contributed by atoms with E-state index in [-0.39, 0.29) is 0 Å². The first-order chi connectivity index (χ1) is 6.12. The lowest BCUT2D eigenvalue weighted by atomic mass is 10.0. The van der Waals surface area contributed by atoms with Crippen molar-refractivity contribution in [2.24, 2.45) is 0 Å². The van der Waals surface area contributed by atoms with Crippen molar-refractivity contribution in [3.05, 3.63) is 0 Å². The molecule has 76 valence electrons. The van der Waals surface area contributed by atoms with Gasteiger partial charge in [0.1, 0.15) is 0 Å². The molecule has 0 aliphatic heterocycles. The van der Waals surface area contributed by atoms with E-state index in [1.54, 1.807) is 11.8 Å². The summed E-state index contributed by atoms with van der Waals surface area (Å²) in [6.07, 6.45) is 5.88. The first-order valence-corrected chi connectivity index (χ1v) is 5.72. The third-order valence-corrected chi connectivity index (χ3v) is 2.74. The van der Waals surface area contributed by atoms with Crippen molar-refractivity contribution in [3.8, 4) is 12.3 Å². The predicted molar refractivity (Wildman–Crippen MR) is 59.9 cm³/mol. The van der Waals surface area contributed by atoms with E-state index in [1.165, 1.54) is 0 Å². The van der Waals surface area contributed by atoms with Gasteiger partial charge in [-0.25, -0.2) is 0 Å². The molecule has 0 amide bonds. The van der Waals surface area contributed by atoms with Crippen LogP contribution in [-0.2, 0) is 0 Å². The minimum atomic E-state index is -0.573. The quantitative estimate of drug-likeness (QED) is 0.478. The lowest BCUT2D eigenvalue weighted by Crippen LogP contribution is -2.37. The van der Waals surface area contributed by atoms with E-state index in [4.69, 9.17) is 6.42 Å². The van der Waals surface area contributed by atoms with E-state index in [9.17, 15) is 5.11 Å². The molecular weight excluding hydrogens is 182 g/mol. The number of aliphatic hydroxyl groups is 1. The maximum atomic E-state index is 9.62. The lowest BCUT2D eigenvalue weighted by molar-refractivity contribution is 0.0565. The first kappa shape index (κ1) is 12.8. The van der Waals surface area contributed by atoms with Crippen LogP contribution in [0.25, 0.3) is 0 Å². The standard InChI is InChI=1S/C10H19NOS/c1-4-7-13-8-6-11-9-10(3,12)5-2/h1,11-12H,5-9H2,2-3H3. The Morgan fingerprint density at radius 3 is 2.85 bits per heavy atom. The first-order valence-electron chi connectivity index (χ1n) is 4.56. The summed E-state index contributed by atoms with van der Waals surface area (Å²) in [4.78, 5) is 0. The lowest BCUT2D eigenvalue weighted by Gasteiger charge is -2.21. The highest BCUT2D eigenvalue weighted by Crippen LogP contribution is 2.05. The minimum Gasteiger partial charge on any atom is -0.389 e. The summed E-state index contributed by atoms with van der Waals surface area (Å²) in [5, 5.41) is 12.8. The molecule has 0 rings (SSSR count). The molecule has 0 heterocycles. The molecular formula is C10H19NOS. The summed E-state index contributed by atoms with van der Waals surface area (Å²) in [5.74, 6) is 4.35. The van der Waals surface area contributed by atoms with Gasteiger partial charge in [-0.2, -0.15) is 0 Å². The predicted octanol–water partition coefficient (Wildman–Crippen LogP) is 1.10. The highest BCUT2D eigenvalue weighted by Gasteiger charge is 2.15. The number of rotatable bonds is 7. The van der Waals surface area contributed by atoms with Gasteiger partial charge in [0.15, 0.2) is 0 Å². The minimum absolute atomic E-state index is 0.573. The second-order valence-corrected chi connectivity index (χ2v) is 4.39. The van der Waals surface area contributed by atoms with Crippen LogP contribution in [0.2, 0.25) is 0 Å². The molecule has 0 aromatic heterocycles. The molecule has 0 bridgehead atoms. The normalized spacial score (nSPS) is 14.9. The molecule has 0 saturated carbocycles. The zero-order chi connectivity index (χ0) is 10.2. The van der Waals surface area contributed by atoms with Crippen molar-refractivity contribution in [2.45, 2.75) is 25.9 Å². The molecule has 3 heteroatoms. The van der Waals surface area contributed by atoms with Gasteiger partial charge in [0.2, 0.25) is 0 Å². The zero-order valence-electron chi connectivity index (χ0n) is 8.47. The molecule has 13 heavy (non-hydrogen) atoms. The number of hydrogen-bond donors (Lipinski definition) is 2. The zero-order valence-corrected chi connectivity index (χ0v) is 9.28. The van der Waals surface area contributed by atoms with E-state index in [0.29, 0.717) is 6.54 Å². The largest absolute Gasteiger partial charge is 0.389 e. The van der Waals surface area contributed by atoms with E-state index < -0.39 is 5.60 Å². The van der Waals surface area contributed by atoms with Crippen LogP contribution in [0.1, 0.15) is 20.3 Å². The van der Waals surface area contributed by atoms with Crippen molar-refractivity contribution < 1.29 is 5.11 Å². The number of terminal acetylenes is 1. The summed E-state index contributed by atoms with van der Waals surface area (Å²) in [5.41, 5.74) is -0.573. The molecule has 1 atom stereocenters. The molecule has 0 aliphatic rings. The molecule has 0 spiro atoms. The van der Waals surface area contributed by atoms with Gasteiger partial charge in [-0.3, -0.25) is 0 Å². The van der Waals surface area contributed by atoms with Crippen LogP contribution in [0, 0.1) is 12.3 Å². The van der Waals surface area contributed by atoms with Crippen LogP contribution >= 0.6 is 11.8 Å². The Labute approximate surface area is 85.5 Å². The maximum absolute atomic E-state index is 9.62. The van der Waals surface area contributed by atoms with Gasteiger partial charge in [-0.1, -0.05) is 12.8 Å². The molecule has 1 unspecified atom stereocenters. The van der Waals surface area contributed by atoms with Crippen molar-refractivity contribution in [1.82, 2.24) is 5.32 Å². The van der Waals surface area contributed by atoms with Gasteiger partial charge in [0, 0.05) is 18.8 Å².